The molecule has 0 aliphatic carbocycles. The molecule has 2 aromatic heterocycles. The van der Waals surface area contributed by atoms with Crippen molar-refractivity contribution in [3.8, 4) is 23.4 Å². The van der Waals surface area contributed by atoms with Gasteiger partial charge in [0.15, 0.2) is 11.4 Å². The SMILES string of the molecule is CC(=O)O.Cc1c(N=Nc2ccc3cc(SOO[O-])c(N=Nc4cccc5cccnc45)c(O)c3c2)c(O)n(-c2ccc(C(=O)O)cc2)c(=O)c1C#N.[Cu].[Na+]. The maximum atomic E-state index is 13.1. The zero-order chi connectivity index (χ0) is 38.2. The fourth-order valence-corrected chi connectivity index (χ4v) is 5.48. The van der Waals surface area contributed by atoms with Gasteiger partial charge in [0.1, 0.15) is 23.0 Å². The standard InChI is InChI=1S/C33H21N7O8S.C2H4O2.Cu.Na/c1-17-24(16-34)31(42)40(22-11-8-19(9-12-22)33(44)45)32(43)27(17)38-36-21-10-7-20-14-26(49-48-47-46)29(30(41)23(20)15-21)39-37-25-6-2-4-18-5-3-13-35-28(18)25;1-2(3)4;;/h2-15,41,43,46H,1H3,(H,44,45);1H3,(H,3,4);;/q;;;+1/p-1. The van der Waals surface area contributed by atoms with Crippen LogP contribution >= 0.6 is 12.0 Å². The Morgan fingerprint density at radius 3 is 2.25 bits per heavy atom. The summed E-state index contributed by atoms with van der Waals surface area (Å²) >= 11 is 0.519. The van der Waals surface area contributed by atoms with Gasteiger partial charge in [-0.05, 0) is 66.9 Å². The average Bonchev–Trinajstić information content (AvgIpc) is 3.14. The molecule has 4 aromatic carbocycles. The molecule has 0 saturated carbocycles. The van der Waals surface area contributed by atoms with Crippen LogP contribution in [0.5, 0.6) is 11.6 Å². The number of azo groups is 2. The molecule has 0 unspecified atom stereocenters. The number of pyridine rings is 2. The third kappa shape index (κ3) is 9.97. The van der Waals surface area contributed by atoms with Crippen molar-refractivity contribution in [2.45, 2.75) is 18.7 Å². The van der Waals surface area contributed by atoms with Gasteiger partial charge in [0.2, 0.25) is 5.88 Å². The van der Waals surface area contributed by atoms with E-state index in [4.69, 9.17) is 9.90 Å². The summed E-state index contributed by atoms with van der Waals surface area (Å²) < 4.78 is 5.34. The van der Waals surface area contributed by atoms with Crippen LogP contribution in [0.3, 0.4) is 0 Å². The number of aromatic nitrogens is 2. The van der Waals surface area contributed by atoms with Gasteiger partial charge in [-0.3, -0.25) is 19.6 Å². The number of nitrogens with zero attached hydrogens (tertiary/aromatic N) is 7. The molecular weight excluding hydrogens is 797 g/mol. The van der Waals surface area contributed by atoms with Crippen LogP contribution in [0.2, 0.25) is 0 Å². The average molecular weight is 821 g/mol. The second-order valence-electron chi connectivity index (χ2n) is 10.7. The second-order valence-corrected chi connectivity index (χ2v) is 11.5. The molecule has 0 spiro atoms. The van der Waals surface area contributed by atoms with E-state index in [0.29, 0.717) is 28.6 Å². The van der Waals surface area contributed by atoms with Gasteiger partial charge in [-0.25, -0.2) is 9.36 Å². The van der Waals surface area contributed by atoms with Gasteiger partial charge in [0.05, 0.1) is 39.4 Å². The minimum Gasteiger partial charge on any atom is -0.691 e. The minimum atomic E-state index is -1.18. The monoisotopic (exact) mass is 820 g/mol. The molecule has 0 aliphatic rings. The molecule has 55 heavy (non-hydrogen) atoms. The van der Waals surface area contributed by atoms with Crippen LogP contribution in [-0.4, -0.2) is 41.9 Å². The van der Waals surface area contributed by atoms with E-state index in [0.717, 1.165) is 16.9 Å². The number of aliphatic carboxylic acids is 1. The predicted octanol–water partition coefficient (Wildman–Crippen LogP) is 3.98. The van der Waals surface area contributed by atoms with Crippen LogP contribution in [0, 0.1) is 18.3 Å². The summed E-state index contributed by atoms with van der Waals surface area (Å²) in [6, 6.07) is 22.1. The Kier molecular flexibility index (Phi) is 15.7. The number of para-hydroxylation sites is 1. The molecule has 2 heterocycles. The molecule has 0 fully saturated rings. The van der Waals surface area contributed by atoms with Crippen molar-refractivity contribution in [1.29, 1.82) is 5.26 Å². The van der Waals surface area contributed by atoms with Crippen LogP contribution in [0.1, 0.15) is 28.4 Å². The molecule has 6 rings (SSSR count). The second kappa shape index (κ2) is 19.7. The van der Waals surface area contributed by atoms with E-state index in [2.05, 4.69) is 34.8 Å². The van der Waals surface area contributed by atoms with Gasteiger partial charge in [-0.2, -0.15) is 14.7 Å². The molecular formula is C35H24CuN7NaO10S. The number of carbonyl (C=O) groups is 2. The number of nitriles is 1. The van der Waals surface area contributed by atoms with Crippen LogP contribution in [0.4, 0.5) is 22.7 Å². The summed E-state index contributed by atoms with van der Waals surface area (Å²) in [6.07, 6.45) is 1.61. The molecule has 277 valence electrons. The van der Waals surface area contributed by atoms with Gasteiger partial charge < -0.3 is 25.7 Å². The quantitative estimate of drug-likeness (QED) is 0.0529. The van der Waals surface area contributed by atoms with Crippen LogP contribution in [0.25, 0.3) is 27.4 Å². The number of aromatic carboxylic acids is 1. The van der Waals surface area contributed by atoms with E-state index in [9.17, 15) is 35.4 Å². The zero-order valence-electron chi connectivity index (χ0n) is 28.7. The molecule has 0 atom stereocenters. The number of carboxylic acid groups (broad SMARTS) is 2. The Morgan fingerprint density at radius 1 is 0.927 bits per heavy atom. The van der Waals surface area contributed by atoms with E-state index in [1.54, 1.807) is 42.6 Å². The molecule has 0 bridgehead atoms. The smallest absolute Gasteiger partial charge is 0.691 e. The normalized spacial score (nSPS) is 10.7. The fourth-order valence-electron chi connectivity index (χ4n) is 4.99. The van der Waals surface area contributed by atoms with Crippen molar-refractivity contribution in [2.24, 2.45) is 20.5 Å². The van der Waals surface area contributed by atoms with Crippen LogP contribution in [0.15, 0.2) is 115 Å². The minimum absolute atomic E-state index is 0. The summed E-state index contributed by atoms with van der Waals surface area (Å²) in [5.41, 5.74) is -0.0881. The van der Waals surface area contributed by atoms with E-state index in [-0.39, 0.29) is 102 Å². The van der Waals surface area contributed by atoms with Crippen molar-refractivity contribution in [3.05, 3.63) is 112 Å². The number of phenolic OH excluding ortho intramolecular Hbond substituents is 1. The third-order valence-electron chi connectivity index (χ3n) is 7.38. The topological polar surface area (TPSA) is 265 Å². The Morgan fingerprint density at radius 2 is 1.60 bits per heavy atom. The molecule has 4 N–H and O–H groups in total. The maximum absolute atomic E-state index is 13.1. The van der Waals surface area contributed by atoms with Gasteiger partial charge in [-0.1, -0.05) is 24.3 Å². The number of hydrogen-bond acceptors (Lipinski definition) is 15. The van der Waals surface area contributed by atoms with Gasteiger partial charge in [-0.15, -0.1) is 15.3 Å². The summed E-state index contributed by atoms with van der Waals surface area (Å²) in [4.78, 5) is 37.9. The first-order valence-electron chi connectivity index (χ1n) is 15.0. The summed E-state index contributed by atoms with van der Waals surface area (Å²) in [5, 5.41) is 81.4. The van der Waals surface area contributed by atoms with Crippen LogP contribution < -0.4 is 40.4 Å². The number of fused-ring (bicyclic) bond motifs is 2. The summed E-state index contributed by atoms with van der Waals surface area (Å²) in [5.74, 6) is -2.99. The van der Waals surface area contributed by atoms with Crippen LogP contribution in [-0.2, 0) is 31.2 Å². The van der Waals surface area contributed by atoms with E-state index >= 15 is 0 Å². The Bertz CT molecular complexity index is 2550. The molecule has 20 heteroatoms. The van der Waals surface area contributed by atoms with E-state index in [1.165, 1.54) is 37.3 Å². The molecule has 17 nitrogen and oxygen atoms in total. The first kappa shape index (κ1) is 43.9. The summed E-state index contributed by atoms with van der Waals surface area (Å²) in [6.45, 7) is 2.51. The van der Waals surface area contributed by atoms with Gasteiger partial charge >= 0.3 is 35.5 Å². The molecule has 0 saturated heterocycles. The number of benzene rings is 4. The van der Waals surface area contributed by atoms with Gasteiger partial charge in [0, 0.05) is 46.5 Å². The Hall–Kier alpha value is -5.52. The number of rotatable bonds is 9. The number of hydrogen-bond donors (Lipinski definition) is 4. The Balaban J connectivity index is 0.00000129. The number of phenols is 1. The van der Waals surface area contributed by atoms with Gasteiger partial charge in [0.25, 0.3) is 11.5 Å². The zero-order valence-corrected chi connectivity index (χ0v) is 32.4. The molecule has 1 radical (unpaired) electrons. The van der Waals surface area contributed by atoms with Crippen molar-refractivity contribution < 1.29 is 91.3 Å². The predicted molar refractivity (Wildman–Crippen MR) is 187 cm³/mol. The third-order valence-corrected chi connectivity index (χ3v) is 7.99. The first-order chi connectivity index (χ1) is 25.4. The summed E-state index contributed by atoms with van der Waals surface area (Å²) in [7, 11) is 0. The van der Waals surface area contributed by atoms with E-state index < -0.39 is 23.4 Å². The fraction of sp³-hybridized carbons (Fsp3) is 0.0571. The van der Waals surface area contributed by atoms with Crippen molar-refractivity contribution in [3.63, 3.8) is 0 Å². The Labute approximate surface area is 347 Å². The number of aromatic hydroxyl groups is 2. The maximum Gasteiger partial charge on any atom is 1.00 e. The molecule has 0 aliphatic heterocycles. The molecule has 6 aromatic rings. The van der Waals surface area contributed by atoms with Crippen molar-refractivity contribution in [1.82, 2.24) is 9.55 Å². The number of carboxylic acids is 2. The van der Waals surface area contributed by atoms with Crippen molar-refractivity contribution in [2.75, 3.05) is 0 Å². The van der Waals surface area contributed by atoms with Crippen molar-refractivity contribution >= 4 is 68.4 Å². The largest absolute Gasteiger partial charge is 1.00 e. The molecule has 0 amide bonds. The van der Waals surface area contributed by atoms with E-state index in [1.807, 2.05) is 18.2 Å². The first-order valence-corrected chi connectivity index (χ1v) is 15.7.